The lowest BCUT2D eigenvalue weighted by Crippen LogP contribution is -2.30. The number of amides is 1. The van der Waals surface area contributed by atoms with Gasteiger partial charge in [0.05, 0.1) is 24.8 Å². The van der Waals surface area contributed by atoms with Crippen LogP contribution in [-0.2, 0) is 10.0 Å². The van der Waals surface area contributed by atoms with Crippen molar-refractivity contribution in [2.24, 2.45) is 0 Å². The van der Waals surface area contributed by atoms with Gasteiger partial charge in [0.2, 0.25) is 10.0 Å². The highest BCUT2D eigenvalue weighted by Crippen LogP contribution is 2.33. The van der Waals surface area contributed by atoms with Crippen LogP contribution in [0.1, 0.15) is 24.2 Å². The number of ether oxygens (including phenoxy) is 2. The molecule has 0 aliphatic rings. The second-order valence-corrected chi connectivity index (χ2v) is 9.47. The molecular weight excluding hydrogens is 450 g/mol. The van der Waals surface area contributed by atoms with E-state index >= 15 is 0 Å². The number of hydrogen-bond acceptors (Lipinski definition) is 7. The van der Waals surface area contributed by atoms with E-state index in [9.17, 15) is 13.2 Å². The van der Waals surface area contributed by atoms with Crippen molar-refractivity contribution in [3.05, 3.63) is 53.4 Å². The van der Waals surface area contributed by atoms with Crippen LogP contribution in [-0.4, -0.2) is 50.9 Å². The van der Waals surface area contributed by atoms with Crippen LogP contribution >= 0.6 is 11.3 Å². The van der Waals surface area contributed by atoms with Gasteiger partial charge in [-0.25, -0.2) is 13.4 Å². The largest absolute Gasteiger partial charge is 0.493 e. The van der Waals surface area contributed by atoms with Crippen LogP contribution in [0.5, 0.6) is 11.5 Å². The van der Waals surface area contributed by atoms with Crippen molar-refractivity contribution >= 4 is 32.4 Å². The first-order valence-electron chi connectivity index (χ1n) is 9.93. The number of nitrogens with zero attached hydrogens (tertiary/aromatic N) is 2. The van der Waals surface area contributed by atoms with Crippen LogP contribution in [0.25, 0.3) is 11.3 Å². The van der Waals surface area contributed by atoms with Crippen molar-refractivity contribution in [3.63, 3.8) is 0 Å². The predicted octanol–water partition coefficient (Wildman–Crippen LogP) is 4.11. The zero-order chi connectivity index (χ0) is 23.3. The fourth-order valence-electron chi connectivity index (χ4n) is 3.14. The summed E-state index contributed by atoms with van der Waals surface area (Å²) in [4.78, 5) is 17.3. The Labute approximate surface area is 191 Å². The molecule has 1 heterocycles. The standard InChI is InChI=1S/C22H25N3O5S2/c1-5-25(6-2)32(27,28)17-9-7-8-16(12-17)21(26)24-22-23-18(14-31-22)15-10-11-19(29-3)20(13-15)30-4/h7-14H,5-6H2,1-4H3,(H,23,24,26). The second-order valence-electron chi connectivity index (χ2n) is 6.68. The zero-order valence-corrected chi connectivity index (χ0v) is 19.9. The molecule has 0 unspecified atom stereocenters. The van der Waals surface area contributed by atoms with E-state index in [2.05, 4.69) is 10.3 Å². The summed E-state index contributed by atoms with van der Waals surface area (Å²) >= 11 is 1.27. The molecule has 3 aromatic rings. The highest BCUT2D eigenvalue weighted by molar-refractivity contribution is 7.89. The fourth-order valence-corrected chi connectivity index (χ4v) is 5.36. The number of carbonyl (C=O) groups excluding carboxylic acids is 1. The first-order chi connectivity index (χ1) is 15.3. The molecule has 1 aromatic heterocycles. The van der Waals surface area contributed by atoms with E-state index in [4.69, 9.17) is 9.47 Å². The van der Waals surface area contributed by atoms with Gasteiger partial charge < -0.3 is 9.47 Å². The minimum absolute atomic E-state index is 0.0824. The van der Waals surface area contributed by atoms with Crippen molar-refractivity contribution in [3.8, 4) is 22.8 Å². The van der Waals surface area contributed by atoms with Gasteiger partial charge >= 0.3 is 0 Å². The van der Waals surface area contributed by atoms with Gasteiger partial charge in [-0.3, -0.25) is 10.1 Å². The summed E-state index contributed by atoms with van der Waals surface area (Å²) in [6.07, 6.45) is 0. The molecule has 0 saturated carbocycles. The first-order valence-corrected chi connectivity index (χ1v) is 12.3. The maximum atomic E-state index is 12.8. The van der Waals surface area contributed by atoms with Crippen molar-refractivity contribution < 1.29 is 22.7 Å². The summed E-state index contributed by atoms with van der Waals surface area (Å²) < 4.78 is 37.4. The van der Waals surface area contributed by atoms with Crippen LogP contribution in [0.3, 0.4) is 0 Å². The maximum absolute atomic E-state index is 12.8. The minimum atomic E-state index is -3.66. The predicted molar refractivity (Wildman–Crippen MR) is 125 cm³/mol. The number of nitrogens with one attached hydrogen (secondary N) is 1. The van der Waals surface area contributed by atoms with Crippen LogP contribution < -0.4 is 14.8 Å². The average molecular weight is 476 g/mol. The van der Waals surface area contributed by atoms with Gasteiger partial charge in [-0.15, -0.1) is 11.3 Å². The first kappa shape index (κ1) is 23.7. The molecule has 0 aliphatic heterocycles. The third kappa shape index (κ3) is 4.93. The normalized spacial score (nSPS) is 11.4. The Hall–Kier alpha value is -2.95. The Bertz CT molecular complexity index is 1200. The van der Waals surface area contributed by atoms with E-state index in [-0.39, 0.29) is 10.5 Å². The lowest BCUT2D eigenvalue weighted by molar-refractivity contribution is 0.102. The highest BCUT2D eigenvalue weighted by atomic mass is 32.2. The molecule has 0 aliphatic carbocycles. The van der Waals surface area contributed by atoms with Crippen LogP contribution in [0.15, 0.2) is 52.7 Å². The quantitative estimate of drug-likeness (QED) is 0.500. The third-order valence-corrected chi connectivity index (χ3v) is 7.65. The van der Waals surface area contributed by atoms with E-state index < -0.39 is 15.9 Å². The third-order valence-electron chi connectivity index (χ3n) is 4.84. The Morgan fingerprint density at radius 3 is 2.44 bits per heavy atom. The Morgan fingerprint density at radius 2 is 1.78 bits per heavy atom. The smallest absolute Gasteiger partial charge is 0.257 e. The number of rotatable bonds is 9. The number of methoxy groups -OCH3 is 2. The van der Waals surface area contributed by atoms with Crippen LogP contribution in [0.2, 0.25) is 0 Å². The summed E-state index contributed by atoms with van der Waals surface area (Å²) in [5.41, 5.74) is 1.72. The van der Waals surface area contributed by atoms with Crippen molar-refractivity contribution in [2.45, 2.75) is 18.7 Å². The number of anilines is 1. The minimum Gasteiger partial charge on any atom is -0.493 e. The van der Waals surface area contributed by atoms with Crippen molar-refractivity contribution in [2.75, 3.05) is 32.6 Å². The number of sulfonamides is 1. The van der Waals surface area contributed by atoms with Gasteiger partial charge in [-0.1, -0.05) is 19.9 Å². The number of benzene rings is 2. The van der Waals surface area contributed by atoms with Gasteiger partial charge in [0.1, 0.15) is 0 Å². The van der Waals surface area contributed by atoms with Crippen molar-refractivity contribution in [1.29, 1.82) is 0 Å². The van der Waals surface area contributed by atoms with Crippen molar-refractivity contribution in [1.82, 2.24) is 9.29 Å². The van der Waals surface area contributed by atoms with E-state index in [1.807, 2.05) is 11.4 Å². The summed E-state index contributed by atoms with van der Waals surface area (Å²) in [7, 11) is -0.532. The molecular formula is C22H25N3O5S2. The Morgan fingerprint density at radius 1 is 1.06 bits per heavy atom. The van der Waals surface area contributed by atoms with Crippen LogP contribution in [0, 0.1) is 0 Å². The molecule has 3 rings (SSSR count). The topological polar surface area (TPSA) is 97.8 Å². The summed E-state index contributed by atoms with van der Waals surface area (Å²) in [5.74, 6) is 0.754. The summed E-state index contributed by atoms with van der Waals surface area (Å²) in [6.45, 7) is 4.26. The molecule has 0 saturated heterocycles. The molecule has 0 atom stereocenters. The fraction of sp³-hybridized carbons (Fsp3) is 0.273. The lowest BCUT2D eigenvalue weighted by atomic mass is 10.1. The molecule has 0 fully saturated rings. The maximum Gasteiger partial charge on any atom is 0.257 e. The van der Waals surface area contributed by atoms with Gasteiger partial charge in [0, 0.05) is 29.6 Å². The zero-order valence-electron chi connectivity index (χ0n) is 18.3. The summed E-state index contributed by atoms with van der Waals surface area (Å²) in [5, 5.41) is 4.96. The molecule has 1 N–H and O–H groups in total. The average Bonchev–Trinajstić information content (AvgIpc) is 3.27. The molecule has 0 bridgehead atoms. The molecule has 170 valence electrons. The number of hydrogen-bond donors (Lipinski definition) is 1. The second kappa shape index (κ2) is 10.1. The molecule has 8 nitrogen and oxygen atoms in total. The molecule has 1 amide bonds. The number of carbonyl (C=O) groups is 1. The van der Waals surface area contributed by atoms with Gasteiger partial charge in [0.15, 0.2) is 16.6 Å². The van der Waals surface area contributed by atoms with Gasteiger partial charge in [0.25, 0.3) is 5.91 Å². The Kier molecular flexibility index (Phi) is 7.49. The van der Waals surface area contributed by atoms with E-state index in [1.165, 1.54) is 27.8 Å². The van der Waals surface area contributed by atoms with Crippen LogP contribution in [0.4, 0.5) is 5.13 Å². The van der Waals surface area contributed by atoms with Gasteiger partial charge in [-0.05, 0) is 36.4 Å². The lowest BCUT2D eigenvalue weighted by Gasteiger charge is -2.18. The van der Waals surface area contributed by atoms with E-state index in [0.29, 0.717) is 35.4 Å². The Balaban J connectivity index is 1.80. The molecule has 10 heteroatoms. The van der Waals surface area contributed by atoms with E-state index in [0.717, 1.165) is 5.56 Å². The SMILES string of the molecule is CCN(CC)S(=O)(=O)c1cccc(C(=O)Nc2nc(-c3ccc(OC)c(OC)c3)cs2)c1. The molecule has 32 heavy (non-hydrogen) atoms. The highest BCUT2D eigenvalue weighted by Gasteiger charge is 2.22. The number of aromatic nitrogens is 1. The molecule has 2 aromatic carbocycles. The number of thiazole rings is 1. The monoisotopic (exact) mass is 475 g/mol. The molecule has 0 spiro atoms. The van der Waals surface area contributed by atoms with Gasteiger partial charge in [-0.2, -0.15) is 4.31 Å². The summed E-state index contributed by atoms with van der Waals surface area (Å²) in [6, 6.07) is 11.4. The molecule has 0 radical (unpaired) electrons. The van der Waals surface area contributed by atoms with E-state index in [1.54, 1.807) is 52.3 Å².